The maximum absolute atomic E-state index is 11.8. The standard InChI is InChI=1S/C17H23IO5S/c1-17(2,10-24-12-7-5-4-6-8-12)15-14(21-11-20-3)13(9-18)22-16(19)23-15/h4-8,13-15H,9-11H2,1-3H3/t13?,14-,15+/m0/s1. The molecule has 1 heterocycles. The molecule has 1 aromatic carbocycles. The van der Waals surface area contributed by atoms with Crippen molar-refractivity contribution < 1.29 is 23.7 Å². The van der Waals surface area contributed by atoms with Crippen LogP contribution in [0.25, 0.3) is 0 Å². The summed E-state index contributed by atoms with van der Waals surface area (Å²) in [6, 6.07) is 10.2. The number of alkyl halides is 1. The average Bonchev–Trinajstić information content (AvgIpc) is 2.59. The third kappa shape index (κ3) is 5.24. The third-order valence-electron chi connectivity index (χ3n) is 3.79. The molecule has 1 unspecified atom stereocenters. The smallest absolute Gasteiger partial charge is 0.427 e. The summed E-state index contributed by atoms with van der Waals surface area (Å²) in [6.45, 7) is 4.30. The minimum absolute atomic E-state index is 0.136. The Kier molecular flexibility index (Phi) is 7.64. The number of carbonyl (C=O) groups excluding carboxylic acids is 1. The van der Waals surface area contributed by atoms with Gasteiger partial charge < -0.3 is 18.9 Å². The van der Waals surface area contributed by atoms with Gasteiger partial charge in [-0.25, -0.2) is 4.79 Å². The molecule has 3 atom stereocenters. The molecule has 0 bridgehead atoms. The molecule has 134 valence electrons. The first-order chi connectivity index (χ1) is 11.5. The highest BCUT2D eigenvalue weighted by Gasteiger charge is 2.48. The average molecular weight is 466 g/mol. The van der Waals surface area contributed by atoms with Gasteiger partial charge >= 0.3 is 6.16 Å². The Bertz CT molecular complexity index is 525. The number of ether oxygens (including phenoxy) is 4. The van der Waals surface area contributed by atoms with E-state index in [1.165, 1.54) is 4.90 Å². The zero-order valence-corrected chi connectivity index (χ0v) is 17.0. The Hall–Kier alpha value is -0.510. The molecule has 1 fully saturated rings. The van der Waals surface area contributed by atoms with Crippen molar-refractivity contribution in [3.8, 4) is 0 Å². The SMILES string of the molecule is COCO[C@H]1C(CI)OC(=O)O[C@H]1C(C)(C)CSc1ccccc1. The lowest BCUT2D eigenvalue weighted by Crippen LogP contribution is -2.56. The van der Waals surface area contributed by atoms with Crippen molar-refractivity contribution in [3.63, 3.8) is 0 Å². The van der Waals surface area contributed by atoms with E-state index in [4.69, 9.17) is 18.9 Å². The van der Waals surface area contributed by atoms with Gasteiger partial charge in [-0.2, -0.15) is 0 Å². The molecule has 0 amide bonds. The number of halogens is 1. The van der Waals surface area contributed by atoms with Gasteiger partial charge in [0.15, 0.2) is 0 Å². The summed E-state index contributed by atoms with van der Waals surface area (Å²) in [5.74, 6) is 0.787. The lowest BCUT2D eigenvalue weighted by molar-refractivity contribution is -0.204. The number of carbonyl (C=O) groups is 1. The molecule has 1 aliphatic rings. The molecule has 2 rings (SSSR count). The maximum Gasteiger partial charge on any atom is 0.509 e. The van der Waals surface area contributed by atoms with E-state index in [-0.39, 0.29) is 24.4 Å². The second-order valence-corrected chi connectivity index (χ2v) is 8.16. The molecule has 0 aromatic heterocycles. The fourth-order valence-electron chi connectivity index (χ4n) is 2.52. The molecule has 0 spiro atoms. The van der Waals surface area contributed by atoms with Crippen LogP contribution in [-0.2, 0) is 18.9 Å². The Balaban J connectivity index is 2.11. The second-order valence-electron chi connectivity index (χ2n) is 6.23. The van der Waals surface area contributed by atoms with Crippen LogP contribution in [0.3, 0.4) is 0 Å². The molecule has 24 heavy (non-hydrogen) atoms. The molecule has 1 saturated heterocycles. The number of hydrogen-bond donors (Lipinski definition) is 0. The van der Waals surface area contributed by atoms with E-state index in [1.54, 1.807) is 18.9 Å². The fourth-order valence-corrected chi connectivity index (χ4v) is 4.25. The van der Waals surface area contributed by atoms with Gasteiger partial charge in [0.05, 0.1) is 0 Å². The van der Waals surface area contributed by atoms with Gasteiger partial charge in [-0.05, 0) is 12.1 Å². The van der Waals surface area contributed by atoms with E-state index in [2.05, 4.69) is 48.6 Å². The van der Waals surface area contributed by atoms with Crippen molar-refractivity contribution in [2.24, 2.45) is 5.41 Å². The lowest BCUT2D eigenvalue weighted by atomic mass is 9.83. The van der Waals surface area contributed by atoms with E-state index < -0.39 is 12.3 Å². The molecule has 5 nitrogen and oxygen atoms in total. The van der Waals surface area contributed by atoms with E-state index in [1.807, 2.05) is 18.2 Å². The summed E-state index contributed by atoms with van der Waals surface area (Å²) < 4.78 is 22.3. The monoisotopic (exact) mass is 466 g/mol. The van der Waals surface area contributed by atoms with Gasteiger partial charge in [-0.1, -0.05) is 54.6 Å². The molecular formula is C17H23IO5S. The maximum atomic E-state index is 11.8. The van der Waals surface area contributed by atoms with Gasteiger partial charge in [0, 0.05) is 27.6 Å². The number of cyclic esters (lactones) is 2. The Morgan fingerprint density at radius 2 is 1.96 bits per heavy atom. The number of thioether (sulfide) groups is 1. The van der Waals surface area contributed by atoms with Gasteiger partial charge in [0.2, 0.25) is 0 Å². The van der Waals surface area contributed by atoms with Gasteiger partial charge in [0.1, 0.15) is 25.1 Å². The van der Waals surface area contributed by atoms with Crippen molar-refractivity contribution in [1.82, 2.24) is 0 Å². The minimum atomic E-state index is -0.628. The molecule has 0 N–H and O–H groups in total. The van der Waals surface area contributed by atoms with E-state index in [9.17, 15) is 4.79 Å². The largest absolute Gasteiger partial charge is 0.509 e. The zero-order chi connectivity index (χ0) is 17.6. The van der Waals surface area contributed by atoms with Gasteiger partial charge in [-0.3, -0.25) is 0 Å². The first kappa shape index (κ1) is 19.8. The fraction of sp³-hybridized carbons (Fsp3) is 0.588. The molecule has 1 aromatic rings. The predicted molar refractivity (Wildman–Crippen MR) is 102 cm³/mol. The summed E-state index contributed by atoms with van der Waals surface area (Å²) in [6.07, 6.45) is -1.72. The Morgan fingerprint density at radius 3 is 2.58 bits per heavy atom. The van der Waals surface area contributed by atoms with E-state index >= 15 is 0 Å². The van der Waals surface area contributed by atoms with Gasteiger partial charge in [-0.15, -0.1) is 11.8 Å². The van der Waals surface area contributed by atoms with Crippen molar-refractivity contribution in [2.75, 3.05) is 24.1 Å². The molecular weight excluding hydrogens is 443 g/mol. The minimum Gasteiger partial charge on any atom is -0.427 e. The van der Waals surface area contributed by atoms with Crippen LogP contribution in [0.15, 0.2) is 35.2 Å². The van der Waals surface area contributed by atoms with Crippen molar-refractivity contribution in [1.29, 1.82) is 0 Å². The second kappa shape index (κ2) is 9.26. The highest BCUT2D eigenvalue weighted by Crippen LogP contribution is 2.37. The van der Waals surface area contributed by atoms with Crippen LogP contribution in [-0.4, -0.2) is 48.6 Å². The Labute approximate surface area is 160 Å². The summed E-state index contributed by atoms with van der Waals surface area (Å²) in [5.41, 5.74) is -0.289. The first-order valence-electron chi connectivity index (χ1n) is 7.69. The number of methoxy groups -OCH3 is 1. The normalized spacial score (nSPS) is 24.3. The number of hydrogen-bond acceptors (Lipinski definition) is 6. The lowest BCUT2D eigenvalue weighted by Gasteiger charge is -2.43. The number of benzene rings is 1. The van der Waals surface area contributed by atoms with Crippen molar-refractivity contribution >= 4 is 40.5 Å². The molecule has 0 aliphatic carbocycles. The molecule has 0 saturated carbocycles. The molecule has 1 aliphatic heterocycles. The summed E-state index contributed by atoms with van der Waals surface area (Å²) in [5, 5.41) is 0. The van der Waals surface area contributed by atoms with E-state index in [0.29, 0.717) is 4.43 Å². The van der Waals surface area contributed by atoms with Crippen LogP contribution < -0.4 is 0 Å². The van der Waals surface area contributed by atoms with Crippen LogP contribution in [0.4, 0.5) is 4.79 Å². The van der Waals surface area contributed by atoms with Crippen LogP contribution in [0.1, 0.15) is 13.8 Å². The third-order valence-corrected chi connectivity index (χ3v) is 6.15. The summed E-state index contributed by atoms with van der Waals surface area (Å²) in [7, 11) is 1.57. The molecule has 7 heteroatoms. The number of rotatable bonds is 8. The topological polar surface area (TPSA) is 54.0 Å². The molecule has 0 radical (unpaired) electrons. The first-order valence-corrected chi connectivity index (χ1v) is 10.2. The van der Waals surface area contributed by atoms with E-state index in [0.717, 1.165) is 5.75 Å². The highest BCUT2D eigenvalue weighted by molar-refractivity contribution is 14.1. The zero-order valence-electron chi connectivity index (χ0n) is 14.1. The van der Waals surface area contributed by atoms with Crippen LogP contribution in [0.5, 0.6) is 0 Å². The summed E-state index contributed by atoms with van der Waals surface area (Å²) in [4.78, 5) is 13.0. The van der Waals surface area contributed by atoms with Crippen LogP contribution >= 0.6 is 34.4 Å². The van der Waals surface area contributed by atoms with Crippen molar-refractivity contribution in [3.05, 3.63) is 30.3 Å². The van der Waals surface area contributed by atoms with Gasteiger partial charge in [0.25, 0.3) is 0 Å². The Morgan fingerprint density at radius 1 is 1.25 bits per heavy atom. The summed E-state index contributed by atoms with van der Waals surface area (Å²) >= 11 is 3.93. The predicted octanol–water partition coefficient (Wildman–Crippen LogP) is 4.13. The van der Waals surface area contributed by atoms with Crippen molar-refractivity contribution in [2.45, 2.75) is 37.1 Å². The van der Waals surface area contributed by atoms with Crippen LogP contribution in [0, 0.1) is 5.41 Å². The quantitative estimate of drug-likeness (QED) is 0.189. The highest BCUT2D eigenvalue weighted by atomic mass is 127. The van der Waals surface area contributed by atoms with Crippen LogP contribution in [0.2, 0.25) is 0 Å².